The van der Waals surface area contributed by atoms with Crippen molar-refractivity contribution in [2.45, 2.75) is 38.1 Å². The summed E-state index contributed by atoms with van der Waals surface area (Å²) in [4.78, 5) is 20.6. The molecule has 1 aliphatic rings. The van der Waals surface area contributed by atoms with Crippen LogP contribution < -0.4 is 15.8 Å². The van der Waals surface area contributed by atoms with Crippen LogP contribution in [0.3, 0.4) is 0 Å². The van der Waals surface area contributed by atoms with Gasteiger partial charge in [0.05, 0.1) is 12.1 Å². The number of carbonyl (C=O) groups is 1. The number of rotatable bonds is 4. The van der Waals surface area contributed by atoms with Crippen LogP contribution in [0.1, 0.15) is 32.6 Å². The molecule has 2 unspecified atom stereocenters. The number of amides is 1. The number of carbonyl (C=O) groups excluding carboxylic acids is 1. The van der Waals surface area contributed by atoms with Crippen LogP contribution in [0, 0.1) is 5.92 Å². The van der Waals surface area contributed by atoms with E-state index in [-0.39, 0.29) is 24.2 Å². The van der Waals surface area contributed by atoms with Crippen LogP contribution in [0.5, 0.6) is 11.6 Å². The molecule has 2 atom stereocenters. The van der Waals surface area contributed by atoms with Crippen molar-refractivity contribution in [3.63, 3.8) is 0 Å². The number of nitrogens with one attached hydrogen (secondary N) is 1. The topological polar surface area (TPSA) is 90.1 Å². The van der Waals surface area contributed by atoms with Gasteiger partial charge in [-0.2, -0.15) is 0 Å². The highest BCUT2D eigenvalue weighted by Crippen LogP contribution is 2.32. The molecule has 0 saturated heterocycles. The van der Waals surface area contributed by atoms with Gasteiger partial charge in [0.2, 0.25) is 11.8 Å². The molecule has 1 saturated carbocycles. The first-order valence-electron chi connectivity index (χ1n) is 8.18. The summed E-state index contributed by atoms with van der Waals surface area (Å²) in [7, 11) is 0. The molecule has 0 bridgehead atoms. The average molecular weight is 363 g/mol. The van der Waals surface area contributed by atoms with Crippen molar-refractivity contribution in [2.75, 3.05) is 5.32 Å². The monoisotopic (exact) mass is 362 g/mol. The maximum absolute atomic E-state index is 12.6. The van der Waals surface area contributed by atoms with Crippen LogP contribution >= 0.6 is 12.4 Å². The van der Waals surface area contributed by atoms with Crippen molar-refractivity contribution < 1.29 is 9.53 Å². The van der Waals surface area contributed by atoms with Gasteiger partial charge in [0.1, 0.15) is 5.75 Å². The molecule has 3 N–H and O–H groups in total. The van der Waals surface area contributed by atoms with Crippen LogP contribution in [-0.4, -0.2) is 21.4 Å². The van der Waals surface area contributed by atoms with E-state index in [9.17, 15) is 4.79 Å². The van der Waals surface area contributed by atoms with Crippen molar-refractivity contribution in [2.24, 2.45) is 11.7 Å². The van der Waals surface area contributed by atoms with Gasteiger partial charge in [-0.15, -0.1) is 12.4 Å². The fourth-order valence-corrected chi connectivity index (χ4v) is 3.11. The highest BCUT2D eigenvalue weighted by atomic mass is 35.5. The Hall–Kier alpha value is -2.18. The number of hydrogen-bond donors (Lipinski definition) is 2. The summed E-state index contributed by atoms with van der Waals surface area (Å²) in [6.07, 6.45) is 8.51. The summed E-state index contributed by atoms with van der Waals surface area (Å²) >= 11 is 0. The molecule has 1 aromatic carbocycles. The molecule has 1 fully saturated rings. The number of benzene rings is 1. The van der Waals surface area contributed by atoms with E-state index in [0.29, 0.717) is 17.3 Å². The van der Waals surface area contributed by atoms with Gasteiger partial charge in [-0.1, -0.05) is 18.9 Å². The van der Waals surface area contributed by atoms with E-state index in [1.54, 1.807) is 24.5 Å². The lowest BCUT2D eigenvalue weighted by Crippen LogP contribution is -2.51. The lowest BCUT2D eigenvalue weighted by atomic mass is 9.74. The molecule has 134 valence electrons. The Morgan fingerprint density at radius 1 is 1.36 bits per heavy atom. The van der Waals surface area contributed by atoms with Crippen molar-refractivity contribution in [1.29, 1.82) is 0 Å². The minimum absolute atomic E-state index is 0. The quantitative estimate of drug-likeness (QED) is 0.868. The zero-order valence-electron chi connectivity index (χ0n) is 14.1. The molecule has 0 aliphatic heterocycles. The van der Waals surface area contributed by atoms with Crippen LogP contribution in [0.2, 0.25) is 0 Å². The van der Waals surface area contributed by atoms with Gasteiger partial charge in [0.25, 0.3) is 0 Å². The van der Waals surface area contributed by atoms with E-state index in [4.69, 9.17) is 10.5 Å². The van der Waals surface area contributed by atoms with Gasteiger partial charge in [0, 0.05) is 29.7 Å². The fraction of sp³-hybridized carbons (Fsp3) is 0.389. The summed E-state index contributed by atoms with van der Waals surface area (Å²) < 4.78 is 5.64. The Bertz CT molecular complexity index is 709. The molecule has 25 heavy (non-hydrogen) atoms. The molecule has 6 nitrogen and oxygen atoms in total. The maximum Gasteiger partial charge on any atom is 0.237 e. The molecule has 2 aromatic rings. The van der Waals surface area contributed by atoms with Crippen molar-refractivity contribution in [3.8, 4) is 11.6 Å². The highest BCUT2D eigenvalue weighted by molar-refractivity contribution is 5.93. The van der Waals surface area contributed by atoms with E-state index in [1.165, 1.54) is 6.20 Å². The zero-order chi connectivity index (χ0) is 17.0. The van der Waals surface area contributed by atoms with E-state index in [0.717, 1.165) is 25.7 Å². The lowest BCUT2D eigenvalue weighted by molar-refractivity contribution is -0.122. The minimum atomic E-state index is -0.448. The molecule has 1 aromatic heterocycles. The van der Waals surface area contributed by atoms with Gasteiger partial charge in [-0.25, -0.2) is 4.98 Å². The molecule has 0 spiro atoms. The van der Waals surface area contributed by atoms with Crippen molar-refractivity contribution >= 4 is 24.0 Å². The first-order chi connectivity index (χ1) is 11.5. The van der Waals surface area contributed by atoms with Crippen LogP contribution in [0.4, 0.5) is 5.69 Å². The van der Waals surface area contributed by atoms with Crippen LogP contribution in [-0.2, 0) is 4.79 Å². The predicted octanol–water partition coefficient (Wildman–Crippen LogP) is 3.54. The summed E-state index contributed by atoms with van der Waals surface area (Å²) in [6, 6.07) is 7.23. The third-order valence-corrected chi connectivity index (χ3v) is 4.43. The van der Waals surface area contributed by atoms with E-state index in [1.807, 2.05) is 19.1 Å². The van der Waals surface area contributed by atoms with Crippen molar-refractivity contribution in [3.05, 3.63) is 42.9 Å². The standard InChI is InChI=1S/C18H22N4O2.ClH/c1-18(19)8-3-2-7-15(18)17(23)22-13-5-4-6-14(11-13)24-16-12-20-9-10-21-16;/h4-6,9-12,15H,2-3,7-8,19H2,1H3,(H,22,23);1H. The first kappa shape index (κ1) is 19.1. The Kier molecular flexibility index (Phi) is 6.33. The number of aromatic nitrogens is 2. The largest absolute Gasteiger partial charge is 0.437 e. The Labute approximate surface area is 153 Å². The van der Waals surface area contributed by atoms with Crippen LogP contribution in [0.25, 0.3) is 0 Å². The number of nitrogens with zero attached hydrogens (tertiary/aromatic N) is 2. The van der Waals surface area contributed by atoms with E-state index >= 15 is 0 Å². The summed E-state index contributed by atoms with van der Waals surface area (Å²) in [5.74, 6) is 0.794. The minimum Gasteiger partial charge on any atom is -0.437 e. The normalized spacial score (nSPS) is 22.6. The summed E-state index contributed by atoms with van der Waals surface area (Å²) in [6.45, 7) is 1.96. The van der Waals surface area contributed by atoms with Gasteiger partial charge in [0.15, 0.2) is 0 Å². The lowest BCUT2D eigenvalue weighted by Gasteiger charge is -2.37. The fourth-order valence-electron chi connectivity index (χ4n) is 3.11. The summed E-state index contributed by atoms with van der Waals surface area (Å²) in [5.41, 5.74) is 6.54. The predicted molar refractivity (Wildman–Crippen MR) is 99.0 cm³/mol. The number of hydrogen-bond acceptors (Lipinski definition) is 5. The first-order valence-corrected chi connectivity index (χ1v) is 8.18. The molecular weight excluding hydrogens is 340 g/mol. The second-order valence-electron chi connectivity index (χ2n) is 6.47. The number of anilines is 1. The van der Waals surface area contributed by atoms with E-state index in [2.05, 4.69) is 15.3 Å². The van der Waals surface area contributed by atoms with Gasteiger partial charge in [-0.05, 0) is 31.9 Å². The van der Waals surface area contributed by atoms with E-state index < -0.39 is 5.54 Å². The average Bonchev–Trinajstić information content (AvgIpc) is 2.55. The second kappa shape index (κ2) is 8.27. The SMILES string of the molecule is CC1(N)CCCCC1C(=O)Nc1cccc(Oc2cnccn2)c1.Cl. The highest BCUT2D eigenvalue weighted by Gasteiger charge is 2.37. The number of nitrogens with two attached hydrogens (primary N) is 1. The molecule has 1 amide bonds. The maximum atomic E-state index is 12.6. The molecule has 0 radical (unpaired) electrons. The number of ether oxygens (including phenoxy) is 1. The second-order valence-corrected chi connectivity index (χ2v) is 6.47. The zero-order valence-corrected chi connectivity index (χ0v) is 15.0. The third kappa shape index (κ3) is 4.90. The molecule has 1 heterocycles. The smallest absolute Gasteiger partial charge is 0.237 e. The Morgan fingerprint density at radius 3 is 2.92 bits per heavy atom. The molecule has 1 aliphatic carbocycles. The molecular formula is C18H23ClN4O2. The van der Waals surface area contributed by atoms with Gasteiger partial charge >= 0.3 is 0 Å². The van der Waals surface area contributed by atoms with Gasteiger partial charge < -0.3 is 15.8 Å². The number of halogens is 1. The van der Waals surface area contributed by atoms with Crippen molar-refractivity contribution in [1.82, 2.24) is 9.97 Å². The Morgan fingerprint density at radius 2 is 2.20 bits per heavy atom. The van der Waals surface area contributed by atoms with Crippen LogP contribution in [0.15, 0.2) is 42.9 Å². The summed E-state index contributed by atoms with van der Waals surface area (Å²) in [5, 5.41) is 2.96. The third-order valence-electron chi connectivity index (χ3n) is 4.43. The molecule has 7 heteroatoms. The van der Waals surface area contributed by atoms with Gasteiger partial charge in [-0.3, -0.25) is 9.78 Å². The molecule has 3 rings (SSSR count). The Balaban J connectivity index is 0.00000225.